The van der Waals surface area contributed by atoms with Gasteiger partial charge in [0, 0.05) is 19.3 Å². The molecule has 2 N–H and O–H groups in total. The third kappa shape index (κ3) is 20.3. The number of ketones is 1. The van der Waals surface area contributed by atoms with Gasteiger partial charge in [-0.3, -0.25) is 13.8 Å². The largest absolute Gasteiger partial charge is 0.494 e. The van der Waals surface area contributed by atoms with Crippen LogP contribution in [0.3, 0.4) is 0 Å². The van der Waals surface area contributed by atoms with Gasteiger partial charge in [-0.15, -0.1) is 0 Å². The van der Waals surface area contributed by atoms with E-state index >= 15 is 0 Å². The van der Waals surface area contributed by atoms with Crippen LogP contribution in [0.5, 0.6) is 5.75 Å². The fourth-order valence-corrected chi connectivity index (χ4v) is 5.38. The predicted octanol–water partition coefficient (Wildman–Crippen LogP) is 6.57. The van der Waals surface area contributed by atoms with Crippen molar-refractivity contribution in [2.45, 2.75) is 110 Å². The van der Waals surface area contributed by atoms with Crippen molar-refractivity contribution in [3.63, 3.8) is 0 Å². The summed E-state index contributed by atoms with van der Waals surface area (Å²) in [5, 5.41) is 0. The van der Waals surface area contributed by atoms with Crippen LogP contribution in [0.15, 0.2) is 24.3 Å². The molecule has 0 aliphatic heterocycles. The lowest BCUT2D eigenvalue weighted by Gasteiger charge is -2.19. The third-order valence-corrected chi connectivity index (χ3v) is 7.88. The monoisotopic (exact) mass is 570 g/mol. The average molecular weight is 571 g/mol. The SMILES string of the molecule is CCCCCCCCCCCCCOc1cccc(CC(COP(=O)(O)OCCC[NH+](C)C)CC(=O)CC)c1. The lowest BCUT2D eigenvalue weighted by atomic mass is 9.94. The highest BCUT2D eigenvalue weighted by Crippen LogP contribution is 2.44. The van der Waals surface area contributed by atoms with Gasteiger partial charge in [-0.25, -0.2) is 4.57 Å². The number of rotatable bonds is 26. The molecule has 2 unspecified atom stereocenters. The normalized spacial score (nSPS) is 13.9. The zero-order chi connectivity index (χ0) is 28.8. The smallest absolute Gasteiger partial charge is 0.472 e. The van der Waals surface area contributed by atoms with Gasteiger partial charge in [0.05, 0.1) is 40.5 Å². The van der Waals surface area contributed by atoms with Crippen LogP contribution < -0.4 is 9.64 Å². The highest BCUT2D eigenvalue weighted by Gasteiger charge is 2.24. The number of hydrogen-bond acceptors (Lipinski definition) is 5. The minimum absolute atomic E-state index is 0.0116. The first kappa shape index (κ1) is 35.8. The average Bonchev–Trinajstić information content (AvgIpc) is 2.90. The van der Waals surface area contributed by atoms with Gasteiger partial charge in [0.1, 0.15) is 11.5 Å². The molecule has 0 amide bonds. The molecule has 0 heterocycles. The molecule has 8 heteroatoms. The second-order valence-electron chi connectivity index (χ2n) is 11.1. The van der Waals surface area contributed by atoms with E-state index < -0.39 is 7.82 Å². The Hall–Kier alpha value is -1.24. The van der Waals surface area contributed by atoms with Crippen molar-refractivity contribution >= 4 is 13.6 Å². The number of hydrogen-bond donors (Lipinski definition) is 2. The first-order valence-electron chi connectivity index (χ1n) is 15.4. The van der Waals surface area contributed by atoms with Crippen molar-refractivity contribution < 1.29 is 32.9 Å². The molecule has 0 saturated carbocycles. The van der Waals surface area contributed by atoms with Crippen molar-refractivity contribution in [2.24, 2.45) is 5.92 Å². The molecule has 0 saturated heterocycles. The van der Waals surface area contributed by atoms with Crippen molar-refractivity contribution in [3.8, 4) is 5.75 Å². The van der Waals surface area contributed by atoms with Crippen LogP contribution in [-0.2, 0) is 24.8 Å². The molecular weight excluding hydrogens is 513 g/mol. The fraction of sp³-hybridized carbons (Fsp3) is 0.774. The lowest BCUT2D eigenvalue weighted by molar-refractivity contribution is -0.858. The fourth-order valence-electron chi connectivity index (χ4n) is 4.55. The Morgan fingerprint density at radius 3 is 2.15 bits per heavy atom. The molecule has 0 spiro atoms. The summed E-state index contributed by atoms with van der Waals surface area (Å²) in [6.45, 7) is 5.78. The topological polar surface area (TPSA) is 86.5 Å². The molecule has 0 fully saturated rings. The number of phosphoric acid groups is 1. The maximum absolute atomic E-state index is 12.3. The molecule has 226 valence electrons. The number of unbranched alkanes of at least 4 members (excludes halogenated alkanes) is 10. The van der Waals surface area contributed by atoms with E-state index in [0.717, 1.165) is 24.3 Å². The molecule has 1 rings (SSSR count). The van der Waals surface area contributed by atoms with E-state index in [1.54, 1.807) is 0 Å². The molecule has 0 aliphatic rings. The van der Waals surface area contributed by atoms with Crippen LogP contribution in [0.4, 0.5) is 0 Å². The summed E-state index contributed by atoms with van der Waals surface area (Å²) in [7, 11) is -0.121. The van der Waals surface area contributed by atoms with Crippen LogP contribution in [-0.4, -0.2) is 51.1 Å². The summed E-state index contributed by atoms with van der Waals surface area (Å²) in [5.41, 5.74) is 1.02. The summed E-state index contributed by atoms with van der Waals surface area (Å²) in [5.74, 6) is 0.713. The molecule has 0 bridgehead atoms. The number of quaternary nitrogens is 1. The molecule has 39 heavy (non-hydrogen) atoms. The molecule has 0 aliphatic carbocycles. The van der Waals surface area contributed by atoms with Gasteiger partial charge in [-0.05, 0) is 36.5 Å². The van der Waals surface area contributed by atoms with Crippen molar-refractivity contribution in [3.05, 3.63) is 29.8 Å². The zero-order valence-electron chi connectivity index (χ0n) is 25.3. The number of Topliss-reactive ketones (excluding diaryl/α,β-unsaturated/α-hetero) is 1. The molecule has 1 aromatic carbocycles. The Kier molecular flexibility index (Phi) is 20.6. The van der Waals surface area contributed by atoms with Crippen LogP contribution in [0.2, 0.25) is 0 Å². The summed E-state index contributed by atoms with van der Waals surface area (Å²) in [4.78, 5) is 23.5. The van der Waals surface area contributed by atoms with E-state index in [1.165, 1.54) is 69.1 Å². The number of ether oxygens (including phenoxy) is 1. The standard InChI is InChI=1S/C31H56NO6P/c1-5-7-8-9-10-11-12-13-14-15-16-22-36-31-20-17-19-28(26-31)24-29(25-30(33)6-2)27-38-39(34,35)37-23-18-21-32(3)4/h17,19-20,26,29H,5-16,18,21-25,27H2,1-4H3,(H,34,35)/p+1. The number of nitrogens with one attached hydrogen (secondary N) is 1. The molecule has 1 aromatic rings. The van der Waals surface area contributed by atoms with Crippen molar-refractivity contribution in [1.29, 1.82) is 0 Å². The maximum atomic E-state index is 12.3. The van der Waals surface area contributed by atoms with Gasteiger partial charge < -0.3 is 14.5 Å². The van der Waals surface area contributed by atoms with E-state index in [2.05, 4.69) is 6.92 Å². The molecule has 0 radical (unpaired) electrons. The van der Waals surface area contributed by atoms with E-state index in [0.29, 0.717) is 32.3 Å². The van der Waals surface area contributed by atoms with Crippen LogP contribution in [0.25, 0.3) is 0 Å². The van der Waals surface area contributed by atoms with Gasteiger partial charge >= 0.3 is 7.82 Å². The van der Waals surface area contributed by atoms with Gasteiger partial charge in [0.15, 0.2) is 0 Å². The highest BCUT2D eigenvalue weighted by molar-refractivity contribution is 7.47. The van der Waals surface area contributed by atoms with Crippen LogP contribution in [0, 0.1) is 5.92 Å². The molecule has 2 atom stereocenters. The van der Waals surface area contributed by atoms with E-state index in [4.69, 9.17) is 13.8 Å². The molecule has 0 aromatic heterocycles. The Morgan fingerprint density at radius 1 is 0.897 bits per heavy atom. The second-order valence-corrected chi connectivity index (χ2v) is 12.6. The van der Waals surface area contributed by atoms with Crippen LogP contribution >= 0.6 is 7.82 Å². The molecular formula is C31H57NO6P+. The third-order valence-electron chi connectivity index (χ3n) is 6.90. The van der Waals surface area contributed by atoms with Gasteiger partial charge in [0.2, 0.25) is 0 Å². The zero-order valence-corrected chi connectivity index (χ0v) is 26.2. The predicted molar refractivity (Wildman–Crippen MR) is 160 cm³/mol. The Morgan fingerprint density at radius 2 is 1.54 bits per heavy atom. The van der Waals surface area contributed by atoms with E-state index in [-0.39, 0.29) is 24.9 Å². The second kappa shape index (κ2) is 22.4. The summed E-state index contributed by atoms with van der Waals surface area (Å²) >= 11 is 0. The maximum Gasteiger partial charge on any atom is 0.472 e. The van der Waals surface area contributed by atoms with Crippen molar-refractivity contribution in [2.75, 3.05) is 40.5 Å². The Labute approximate surface area is 238 Å². The Balaban J connectivity index is 2.40. The lowest BCUT2D eigenvalue weighted by Crippen LogP contribution is -3.05. The number of carbonyl (C=O) groups is 1. The highest BCUT2D eigenvalue weighted by atomic mass is 31.2. The van der Waals surface area contributed by atoms with Gasteiger partial charge in [-0.2, -0.15) is 0 Å². The van der Waals surface area contributed by atoms with Gasteiger partial charge in [0.25, 0.3) is 0 Å². The summed E-state index contributed by atoms with van der Waals surface area (Å²) in [6.07, 6.45) is 16.3. The quantitative estimate of drug-likeness (QED) is 0.0968. The van der Waals surface area contributed by atoms with Crippen LogP contribution in [0.1, 0.15) is 109 Å². The number of benzene rings is 1. The van der Waals surface area contributed by atoms with Gasteiger partial charge in [-0.1, -0.05) is 90.2 Å². The number of carbonyl (C=O) groups excluding carboxylic acids is 1. The Bertz CT molecular complexity index is 803. The van der Waals surface area contributed by atoms with Crippen molar-refractivity contribution in [1.82, 2.24) is 0 Å². The first-order valence-corrected chi connectivity index (χ1v) is 16.9. The number of phosphoric ester groups is 1. The minimum atomic E-state index is -4.15. The first-order chi connectivity index (χ1) is 18.8. The summed E-state index contributed by atoms with van der Waals surface area (Å²) < 4.78 is 28.7. The summed E-state index contributed by atoms with van der Waals surface area (Å²) in [6, 6.07) is 7.91. The van der Waals surface area contributed by atoms with E-state index in [9.17, 15) is 14.3 Å². The minimum Gasteiger partial charge on any atom is -0.494 e. The molecule has 7 nitrogen and oxygen atoms in total. The van der Waals surface area contributed by atoms with E-state index in [1.807, 2.05) is 45.3 Å².